The fourth-order valence-corrected chi connectivity index (χ4v) is 8.16. The van der Waals surface area contributed by atoms with Crippen LogP contribution in [-0.2, 0) is 20.5 Å². The fourth-order valence-electron chi connectivity index (χ4n) is 7.81. The van der Waals surface area contributed by atoms with Crippen molar-refractivity contribution in [2.75, 3.05) is 18.1 Å². The van der Waals surface area contributed by atoms with Crippen LogP contribution in [0.5, 0.6) is 5.75 Å². The first-order valence-electron chi connectivity index (χ1n) is 17.3. The Bertz CT molecular complexity index is 2520. The van der Waals surface area contributed by atoms with Crippen LogP contribution in [-0.4, -0.2) is 58.0 Å². The van der Waals surface area contributed by atoms with E-state index < -0.39 is 0 Å². The topological polar surface area (TPSA) is 101 Å². The lowest BCUT2D eigenvalue weighted by atomic mass is 9.98. The molecule has 6 heterocycles. The molecule has 8 rings (SSSR count). The Labute approximate surface area is 311 Å². The smallest absolute Gasteiger partial charge is 0.275 e. The quantitative estimate of drug-likeness (QED) is 0.146. The highest BCUT2D eigenvalue weighted by Gasteiger charge is 2.38. The van der Waals surface area contributed by atoms with Gasteiger partial charge in [-0.2, -0.15) is 15.3 Å². The number of carbonyl (C=O) groups excluding carboxylic acids is 1. The van der Waals surface area contributed by atoms with Gasteiger partial charge in [-0.25, -0.2) is 4.98 Å². The summed E-state index contributed by atoms with van der Waals surface area (Å²) in [4.78, 5) is 23.4. The van der Waals surface area contributed by atoms with Gasteiger partial charge in [-0.05, 0) is 94.5 Å². The van der Waals surface area contributed by atoms with Crippen molar-refractivity contribution in [1.82, 2.24) is 38.9 Å². The van der Waals surface area contributed by atoms with Crippen molar-refractivity contribution in [1.29, 1.82) is 0 Å². The first kappa shape index (κ1) is 34.0. The summed E-state index contributed by atoms with van der Waals surface area (Å²) in [7, 11) is 3.91. The van der Waals surface area contributed by atoms with Crippen LogP contribution in [0, 0.1) is 27.7 Å². The third kappa shape index (κ3) is 5.37. The Kier molecular flexibility index (Phi) is 8.38. The van der Waals surface area contributed by atoms with Crippen molar-refractivity contribution in [3.63, 3.8) is 0 Å². The van der Waals surface area contributed by atoms with Gasteiger partial charge in [0.25, 0.3) is 5.91 Å². The molecular weight excluding hydrogens is 697 g/mol. The number of benzene rings is 2. The number of fused-ring (bicyclic) bond motifs is 4. The van der Waals surface area contributed by atoms with Gasteiger partial charge in [-0.15, -0.1) is 4.80 Å². The summed E-state index contributed by atoms with van der Waals surface area (Å²) in [6.07, 6.45) is 6.52. The van der Waals surface area contributed by atoms with Gasteiger partial charge in [-0.3, -0.25) is 9.48 Å². The average molecular weight is 737 g/mol. The van der Waals surface area contributed by atoms with Crippen LogP contribution in [0.3, 0.4) is 0 Å². The Balaban J connectivity index is 1.26. The number of hydrogen-bond donors (Lipinski definition) is 0. The largest absolute Gasteiger partial charge is 0.494 e. The van der Waals surface area contributed by atoms with E-state index in [4.69, 9.17) is 38.0 Å². The molecule has 1 aliphatic rings. The number of hydrogen-bond acceptors (Lipinski definition) is 6. The van der Waals surface area contributed by atoms with Crippen LogP contribution in [0.1, 0.15) is 58.0 Å². The van der Waals surface area contributed by atoms with Gasteiger partial charge in [-0.1, -0.05) is 29.3 Å². The molecule has 0 bridgehead atoms. The molecule has 0 saturated carbocycles. The summed E-state index contributed by atoms with van der Waals surface area (Å²) >= 11 is 13.5. The van der Waals surface area contributed by atoms with Crippen molar-refractivity contribution in [2.24, 2.45) is 14.1 Å². The van der Waals surface area contributed by atoms with E-state index in [0.717, 1.165) is 72.1 Å². The van der Waals surface area contributed by atoms with Crippen LogP contribution in [0.4, 0.5) is 5.69 Å². The van der Waals surface area contributed by atoms with E-state index in [1.807, 2.05) is 85.5 Å². The SMILES string of the molecule is Cc1cc(OCCCc2c3n(c4c(-c5c(C)nn(C)c5C)c(Cl)ccc24)[C@H](C)CN(c2cn(C)c4ccc(-n5nccn5)nc24)C3=O)cc(C)c1Cl. The molecule has 2 aromatic carbocycles. The summed E-state index contributed by atoms with van der Waals surface area (Å²) in [6, 6.07) is 11.7. The van der Waals surface area contributed by atoms with Gasteiger partial charge in [0, 0.05) is 60.1 Å². The maximum atomic E-state index is 15.1. The number of pyridine rings is 1. The molecule has 1 atom stereocenters. The zero-order valence-electron chi connectivity index (χ0n) is 30.2. The van der Waals surface area contributed by atoms with Crippen molar-refractivity contribution in [2.45, 2.75) is 53.5 Å². The molecule has 0 aliphatic carbocycles. The number of ether oxygens (including phenoxy) is 1. The molecule has 0 saturated heterocycles. The molecule has 0 spiro atoms. The average Bonchev–Trinajstić information content (AvgIpc) is 3.89. The molecule has 11 nitrogen and oxygen atoms in total. The molecule has 52 heavy (non-hydrogen) atoms. The van der Waals surface area contributed by atoms with E-state index in [0.29, 0.717) is 48.0 Å². The van der Waals surface area contributed by atoms with Gasteiger partial charge >= 0.3 is 0 Å². The molecule has 7 aromatic rings. The van der Waals surface area contributed by atoms with E-state index in [9.17, 15) is 0 Å². The molecule has 5 aromatic heterocycles. The predicted octanol–water partition coefficient (Wildman–Crippen LogP) is 8.28. The molecule has 0 unspecified atom stereocenters. The molecule has 0 radical (unpaired) electrons. The zero-order valence-corrected chi connectivity index (χ0v) is 31.7. The van der Waals surface area contributed by atoms with Gasteiger partial charge in [0.2, 0.25) is 0 Å². The normalized spacial score (nSPS) is 14.6. The second-order valence-corrected chi connectivity index (χ2v) is 14.5. The second kappa shape index (κ2) is 12.8. The van der Waals surface area contributed by atoms with E-state index in [1.54, 1.807) is 12.4 Å². The van der Waals surface area contributed by atoms with E-state index in [-0.39, 0.29) is 11.9 Å². The number of nitrogens with zero attached hydrogens (tertiary/aromatic N) is 9. The molecule has 1 aliphatic heterocycles. The lowest BCUT2D eigenvalue weighted by Crippen LogP contribution is -2.42. The first-order chi connectivity index (χ1) is 24.9. The van der Waals surface area contributed by atoms with Gasteiger partial charge in [0.15, 0.2) is 5.82 Å². The van der Waals surface area contributed by atoms with Gasteiger partial charge < -0.3 is 18.8 Å². The number of aryl methyl sites for hydroxylation is 6. The predicted molar refractivity (Wildman–Crippen MR) is 205 cm³/mol. The highest BCUT2D eigenvalue weighted by Crippen LogP contribution is 2.45. The summed E-state index contributed by atoms with van der Waals surface area (Å²) < 4.78 is 12.3. The number of halogens is 2. The van der Waals surface area contributed by atoms with Crippen molar-refractivity contribution in [3.8, 4) is 22.7 Å². The molecule has 0 N–H and O–H groups in total. The van der Waals surface area contributed by atoms with E-state index in [1.165, 1.54) is 4.80 Å². The monoisotopic (exact) mass is 735 g/mol. The summed E-state index contributed by atoms with van der Waals surface area (Å²) in [5, 5.41) is 15.7. The highest BCUT2D eigenvalue weighted by atomic mass is 35.5. The number of anilines is 1. The Morgan fingerprint density at radius 1 is 0.962 bits per heavy atom. The van der Waals surface area contributed by atoms with Crippen LogP contribution in [0.15, 0.2) is 55.0 Å². The Hall–Kier alpha value is -5.13. The molecular formula is C39H39Cl2N9O2. The second-order valence-electron chi connectivity index (χ2n) is 13.8. The molecule has 13 heteroatoms. The highest BCUT2D eigenvalue weighted by molar-refractivity contribution is 6.35. The third-order valence-electron chi connectivity index (χ3n) is 10.3. The van der Waals surface area contributed by atoms with Gasteiger partial charge in [0.05, 0.1) is 46.4 Å². The van der Waals surface area contributed by atoms with Crippen molar-refractivity contribution >= 4 is 56.7 Å². The van der Waals surface area contributed by atoms with Crippen LogP contribution in [0.25, 0.3) is 38.9 Å². The summed E-state index contributed by atoms with van der Waals surface area (Å²) in [5.74, 6) is 1.27. The third-order valence-corrected chi connectivity index (χ3v) is 11.2. The van der Waals surface area contributed by atoms with E-state index in [2.05, 4.69) is 34.7 Å². The van der Waals surface area contributed by atoms with Crippen molar-refractivity contribution in [3.05, 3.63) is 98.8 Å². The lowest BCUT2D eigenvalue weighted by Gasteiger charge is -2.34. The lowest BCUT2D eigenvalue weighted by molar-refractivity contribution is 0.0957. The standard InChI is InChI=1S/C39H39Cl2N9O2/c1-21-17-26(18-22(2)35(21)41)52-16-8-9-27-28-10-11-29(40)34(33-24(4)45-47(7)25(33)5)37(28)49-23(3)19-48(39(51)38(27)49)31-20-46(6)30-12-13-32(44-36(30)31)50-42-14-15-43-50/h10-15,17-18,20,23H,8-9,16,19H2,1-7H3/t23-/m1/s1. The molecule has 0 fully saturated rings. The maximum Gasteiger partial charge on any atom is 0.275 e. The van der Waals surface area contributed by atoms with Crippen LogP contribution < -0.4 is 9.64 Å². The number of rotatable bonds is 8. The van der Waals surface area contributed by atoms with Crippen LogP contribution >= 0.6 is 23.2 Å². The summed E-state index contributed by atoms with van der Waals surface area (Å²) in [6.45, 7) is 11.1. The maximum absolute atomic E-state index is 15.1. The molecule has 1 amide bonds. The number of aromatic nitrogens is 8. The van der Waals surface area contributed by atoms with E-state index >= 15 is 4.79 Å². The number of amides is 1. The first-order valence-corrected chi connectivity index (χ1v) is 18.1. The van der Waals surface area contributed by atoms with Crippen LogP contribution in [0.2, 0.25) is 10.0 Å². The van der Waals surface area contributed by atoms with Gasteiger partial charge in [0.1, 0.15) is 17.0 Å². The number of carbonyl (C=O) groups is 1. The Morgan fingerprint density at radius 2 is 1.69 bits per heavy atom. The fraction of sp³-hybridized carbons (Fsp3) is 0.308. The zero-order chi connectivity index (χ0) is 36.6. The minimum atomic E-state index is -0.0964. The summed E-state index contributed by atoms with van der Waals surface area (Å²) in [5.41, 5.74) is 10.6. The molecule has 266 valence electrons. The minimum Gasteiger partial charge on any atom is -0.494 e. The Morgan fingerprint density at radius 3 is 2.38 bits per heavy atom. The minimum absolute atomic E-state index is 0.0900. The van der Waals surface area contributed by atoms with Crippen molar-refractivity contribution < 1.29 is 9.53 Å².